The highest BCUT2D eigenvalue weighted by molar-refractivity contribution is 7.17. The largest absolute Gasteiger partial charge is 0.493 e. The zero-order valence-electron chi connectivity index (χ0n) is 28.2. The van der Waals surface area contributed by atoms with Crippen molar-refractivity contribution in [2.75, 3.05) is 52.0 Å². The molecular formula is C36H36ClN9O3S. The van der Waals surface area contributed by atoms with Crippen LogP contribution in [0.4, 0.5) is 17.3 Å². The normalized spacial score (nSPS) is 11.0. The fourth-order valence-electron chi connectivity index (χ4n) is 5.08. The number of nitrogens with one attached hydrogen (secondary N) is 2. The quantitative estimate of drug-likeness (QED) is 0.131. The van der Waals surface area contributed by atoms with Crippen molar-refractivity contribution in [2.24, 2.45) is 0 Å². The minimum Gasteiger partial charge on any atom is -0.493 e. The first-order chi connectivity index (χ1) is 24.2. The van der Waals surface area contributed by atoms with Crippen LogP contribution in [0.25, 0.3) is 32.9 Å². The molecule has 50 heavy (non-hydrogen) atoms. The van der Waals surface area contributed by atoms with Crippen molar-refractivity contribution in [1.82, 2.24) is 34.1 Å². The van der Waals surface area contributed by atoms with Gasteiger partial charge in [-0.25, -0.2) is 19.0 Å². The van der Waals surface area contributed by atoms with Gasteiger partial charge in [-0.2, -0.15) is 10.2 Å². The summed E-state index contributed by atoms with van der Waals surface area (Å²) in [4.78, 5) is 24.7. The van der Waals surface area contributed by atoms with Gasteiger partial charge in [0.2, 0.25) is 0 Å². The van der Waals surface area contributed by atoms with Gasteiger partial charge in [0.15, 0.2) is 28.6 Å². The molecule has 0 spiro atoms. The fraction of sp³-hybridized carbons (Fsp3) is 0.194. The number of hydrogen-bond donors (Lipinski definition) is 2. The Morgan fingerprint density at radius 3 is 2.24 bits per heavy atom. The molecule has 0 atom stereocenters. The number of ether oxygens (including phenoxy) is 2. The van der Waals surface area contributed by atoms with Crippen molar-refractivity contribution in [3.63, 3.8) is 0 Å². The number of halogens is 1. The first-order valence-electron chi connectivity index (χ1n) is 15.7. The van der Waals surface area contributed by atoms with Gasteiger partial charge in [0.05, 0.1) is 37.1 Å². The molecule has 12 nitrogen and oxygen atoms in total. The molecule has 0 radical (unpaired) electrons. The van der Waals surface area contributed by atoms with E-state index < -0.39 is 0 Å². The third-order valence-electron chi connectivity index (χ3n) is 7.61. The number of hydrogen-bond acceptors (Lipinski definition) is 11. The molecule has 0 saturated carbocycles. The fourth-order valence-corrected chi connectivity index (χ4v) is 6.18. The second-order valence-corrected chi connectivity index (χ2v) is 13.0. The maximum Gasteiger partial charge on any atom is 0.169 e. The molecule has 0 fully saturated rings. The smallest absolute Gasteiger partial charge is 0.169 e. The maximum atomic E-state index is 11.5. The third-order valence-corrected chi connectivity index (χ3v) is 9.07. The monoisotopic (exact) mass is 709 g/mol. The van der Waals surface area contributed by atoms with Crippen LogP contribution in [0.2, 0.25) is 5.02 Å². The van der Waals surface area contributed by atoms with Crippen molar-refractivity contribution >= 4 is 57.3 Å². The molecule has 5 heterocycles. The summed E-state index contributed by atoms with van der Waals surface area (Å²) in [5, 5.41) is 16.0. The summed E-state index contributed by atoms with van der Waals surface area (Å²) in [5.74, 6) is 2.96. The number of methoxy groups -OCH3 is 2. The molecule has 14 heteroatoms. The molecule has 0 bridgehead atoms. The van der Waals surface area contributed by atoms with Crippen molar-refractivity contribution < 1.29 is 14.3 Å². The summed E-state index contributed by atoms with van der Waals surface area (Å²) in [6.07, 6.45) is 7.33. The first kappa shape index (κ1) is 34.4. The summed E-state index contributed by atoms with van der Waals surface area (Å²) in [7, 11) is 7.34. The van der Waals surface area contributed by atoms with Crippen LogP contribution in [-0.4, -0.2) is 81.3 Å². The summed E-state index contributed by atoms with van der Waals surface area (Å²) in [6.45, 7) is 3.33. The molecule has 5 aromatic heterocycles. The minimum absolute atomic E-state index is 0.0593. The van der Waals surface area contributed by atoms with Crippen molar-refractivity contribution in [3.05, 3.63) is 101 Å². The SMILES string of the molecule is CC(=O)c1ccc(-c2cnn3ccc(Nc4cccc(Cl)c4)nc23)s1.COc1ccc(-c2cnn3ccc(NCCN(C)C)nc23)cc1OC. The second-order valence-electron chi connectivity index (χ2n) is 11.4. The van der Waals surface area contributed by atoms with Crippen LogP contribution in [0.5, 0.6) is 11.5 Å². The number of Topliss-reactive ketones (excluding diaryl/α,β-unsaturated/α-hetero) is 1. The summed E-state index contributed by atoms with van der Waals surface area (Å²) < 4.78 is 14.2. The number of anilines is 3. The lowest BCUT2D eigenvalue weighted by atomic mass is 10.1. The zero-order chi connectivity index (χ0) is 35.2. The molecular weight excluding hydrogens is 674 g/mol. The predicted molar refractivity (Wildman–Crippen MR) is 200 cm³/mol. The maximum absolute atomic E-state index is 11.5. The van der Waals surface area contributed by atoms with Gasteiger partial charge in [-0.3, -0.25) is 4.79 Å². The van der Waals surface area contributed by atoms with Crippen molar-refractivity contribution in [1.29, 1.82) is 0 Å². The van der Waals surface area contributed by atoms with E-state index in [1.165, 1.54) is 11.3 Å². The van der Waals surface area contributed by atoms with Crippen molar-refractivity contribution in [3.8, 4) is 33.1 Å². The number of thiophene rings is 1. The van der Waals surface area contributed by atoms with E-state index in [9.17, 15) is 4.79 Å². The first-order valence-corrected chi connectivity index (χ1v) is 16.9. The van der Waals surface area contributed by atoms with Gasteiger partial charge in [0.1, 0.15) is 11.6 Å². The predicted octanol–water partition coefficient (Wildman–Crippen LogP) is 7.44. The number of likely N-dealkylation sites (N-methyl/N-ethyl adjacent to an activating group) is 1. The molecule has 0 aliphatic carbocycles. The van der Waals surface area contributed by atoms with E-state index in [0.717, 1.165) is 62.3 Å². The minimum atomic E-state index is 0.0593. The van der Waals surface area contributed by atoms with Gasteiger partial charge in [0, 0.05) is 46.6 Å². The Balaban J connectivity index is 0.000000173. The number of benzene rings is 2. The van der Waals surface area contributed by atoms with E-state index in [4.69, 9.17) is 26.1 Å². The molecule has 2 aromatic carbocycles. The van der Waals surface area contributed by atoms with E-state index in [2.05, 4.69) is 30.7 Å². The molecule has 7 rings (SSSR count). The van der Waals surface area contributed by atoms with Crippen LogP contribution in [0.15, 0.2) is 91.5 Å². The summed E-state index contributed by atoms with van der Waals surface area (Å²) in [5.41, 5.74) is 5.20. The highest BCUT2D eigenvalue weighted by Crippen LogP contribution is 2.34. The second kappa shape index (κ2) is 15.4. The van der Waals surface area contributed by atoms with Gasteiger partial charge in [0.25, 0.3) is 0 Å². The highest BCUT2D eigenvalue weighted by Gasteiger charge is 2.14. The molecule has 0 unspecified atom stereocenters. The Kier molecular flexibility index (Phi) is 10.6. The lowest BCUT2D eigenvalue weighted by molar-refractivity contribution is 0.102. The van der Waals surface area contributed by atoms with Crippen LogP contribution in [0, 0.1) is 0 Å². The van der Waals surface area contributed by atoms with Crippen LogP contribution in [0.3, 0.4) is 0 Å². The molecule has 2 N–H and O–H groups in total. The molecule has 0 saturated heterocycles. The molecule has 256 valence electrons. The Hall–Kier alpha value is -5.50. The van der Waals surface area contributed by atoms with E-state index in [0.29, 0.717) is 22.3 Å². The summed E-state index contributed by atoms with van der Waals surface area (Å²) >= 11 is 7.47. The number of fused-ring (bicyclic) bond motifs is 2. The highest BCUT2D eigenvalue weighted by atomic mass is 35.5. The molecule has 0 amide bonds. The number of rotatable bonds is 11. The average Bonchev–Trinajstić information content (AvgIpc) is 3.87. The third kappa shape index (κ3) is 7.86. The lowest BCUT2D eigenvalue weighted by Crippen LogP contribution is -2.21. The van der Waals surface area contributed by atoms with E-state index in [-0.39, 0.29) is 5.78 Å². The van der Waals surface area contributed by atoms with E-state index in [1.807, 2.05) is 99.4 Å². The van der Waals surface area contributed by atoms with Gasteiger partial charge in [-0.15, -0.1) is 11.3 Å². The van der Waals surface area contributed by atoms with Crippen molar-refractivity contribution in [2.45, 2.75) is 6.92 Å². The standard InChI is InChI=1S/C18H13ClN4OS.C18H23N5O2/c1-11(24)15-5-6-16(25-15)14-10-20-23-8-7-17(22-18(14)23)21-13-4-2-3-12(19)9-13;1-22(2)10-8-19-17-7-9-23-18(21-17)14(12-20-23)13-5-6-15(24-3)16(11-13)25-4/h2-10H,1H3,(H,21,22);5-7,9,11-12H,8,10H2,1-4H3,(H,19,21). The number of aromatic nitrogens is 6. The number of nitrogens with zero attached hydrogens (tertiary/aromatic N) is 7. The Morgan fingerprint density at radius 2 is 1.56 bits per heavy atom. The Labute approximate surface area is 298 Å². The topological polar surface area (TPSA) is 123 Å². The van der Waals surface area contributed by atoms with Crippen LogP contribution >= 0.6 is 22.9 Å². The van der Waals surface area contributed by atoms with Crippen LogP contribution in [-0.2, 0) is 0 Å². The lowest BCUT2D eigenvalue weighted by Gasteiger charge is -2.11. The Bertz CT molecular complexity index is 2260. The van der Waals surface area contributed by atoms with E-state index in [1.54, 1.807) is 36.4 Å². The zero-order valence-corrected chi connectivity index (χ0v) is 29.8. The number of ketones is 1. The molecule has 0 aliphatic rings. The van der Waals surface area contributed by atoms with Gasteiger partial charge in [-0.1, -0.05) is 23.7 Å². The van der Waals surface area contributed by atoms with Gasteiger partial charge < -0.3 is 25.0 Å². The summed E-state index contributed by atoms with van der Waals surface area (Å²) in [6, 6.07) is 20.8. The van der Waals surface area contributed by atoms with Gasteiger partial charge in [-0.05, 0) is 81.2 Å². The van der Waals surface area contributed by atoms with E-state index >= 15 is 0 Å². The van der Waals surface area contributed by atoms with Gasteiger partial charge >= 0.3 is 0 Å². The molecule has 7 aromatic rings. The van der Waals surface area contributed by atoms with Crippen LogP contribution in [0.1, 0.15) is 16.6 Å². The average molecular weight is 710 g/mol. The van der Waals surface area contributed by atoms with Crippen LogP contribution < -0.4 is 20.1 Å². The molecule has 0 aliphatic heterocycles. The Morgan fingerprint density at radius 1 is 0.860 bits per heavy atom. The number of carbonyl (C=O) groups is 1. The number of carbonyl (C=O) groups excluding carboxylic acids is 1.